The molecule has 6 aromatic carbocycles. The molecule has 0 atom stereocenters. The molecule has 2 aromatic heterocycles. The van der Waals surface area contributed by atoms with Crippen LogP contribution >= 0.6 is 0 Å². The van der Waals surface area contributed by atoms with Crippen LogP contribution in [0.2, 0.25) is 0 Å². The van der Waals surface area contributed by atoms with Crippen LogP contribution < -0.4 is 0 Å². The molecule has 0 aliphatic heterocycles. The number of rotatable bonds is 2. The second-order valence-electron chi connectivity index (χ2n) is 9.55. The van der Waals surface area contributed by atoms with Gasteiger partial charge >= 0.3 is 0 Å². The molecule has 0 aliphatic rings. The summed E-state index contributed by atoms with van der Waals surface area (Å²) < 4.78 is 2.39. The Kier molecular flexibility index (Phi) is 3.97. The number of benzene rings is 6. The largest absolute Gasteiger partial charge is 0.355 e. The summed E-state index contributed by atoms with van der Waals surface area (Å²) in [4.78, 5) is 3.55. The van der Waals surface area contributed by atoms with Crippen LogP contribution in [0.25, 0.3) is 71.2 Å². The van der Waals surface area contributed by atoms with Crippen molar-refractivity contribution in [2.45, 2.75) is 0 Å². The molecular formula is C34H22N2. The number of hydrogen-bond donors (Lipinski definition) is 1. The SMILES string of the molecule is c1ccc(-n2c3ccc(-c4ccc5[nH]c6ccccc6c5c4)cc3c3cc4ccccc4cc32)cc1. The van der Waals surface area contributed by atoms with Gasteiger partial charge in [-0.2, -0.15) is 0 Å². The van der Waals surface area contributed by atoms with Gasteiger partial charge in [-0.1, -0.05) is 72.8 Å². The van der Waals surface area contributed by atoms with Gasteiger partial charge in [0.25, 0.3) is 0 Å². The average Bonchev–Trinajstić information content (AvgIpc) is 3.46. The number of H-pyrrole nitrogens is 1. The van der Waals surface area contributed by atoms with Crippen LogP contribution in [0, 0.1) is 0 Å². The van der Waals surface area contributed by atoms with Crippen molar-refractivity contribution in [3.63, 3.8) is 0 Å². The minimum Gasteiger partial charge on any atom is -0.355 e. The first-order valence-corrected chi connectivity index (χ1v) is 12.4. The summed E-state index contributed by atoms with van der Waals surface area (Å²) in [7, 11) is 0. The van der Waals surface area contributed by atoms with E-state index in [2.05, 4.69) is 137 Å². The van der Waals surface area contributed by atoms with Crippen molar-refractivity contribution in [3.05, 3.63) is 127 Å². The lowest BCUT2D eigenvalue weighted by atomic mass is 10.00. The minimum atomic E-state index is 1.17. The van der Waals surface area contributed by atoms with Gasteiger partial charge in [0.15, 0.2) is 0 Å². The predicted molar refractivity (Wildman–Crippen MR) is 153 cm³/mol. The van der Waals surface area contributed by atoms with Gasteiger partial charge in [-0.25, -0.2) is 0 Å². The second kappa shape index (κ2) is 7.34. The topological polar surface area (TPSA) is 20.7 Å². The molecule has 1 N–H and O–H groups in total. The maximum absolute atomic E-state index is 3.55. The Bertz CT molecular complexity index is 2090. The first-order chi connectivity index (χ1) is 17.8. The van der Waals surface area contributed by atoms with Crippen molar-refractivity contribution in [2.75, 3.05) is 0 Å². The van der Waals surface area contributed by atoms with E-state index in [0.717, 1.165) is 0 Å². The molecule has 0 saturated carbocycles. The van der Waals surface area contributed by atoms with Gasteiger partial charge in [-0.15, -0.1) is 0 Å². The molecule has 2 heterocycles. The second-order valence-corrected chi connectivity index (χ2v) is 9.55. The van der Waals surface area contributed by atoms with Crippen LogP contribution in [0.1, 0.15) is 0 Å². The standard InChI is InChI=1S/C34H22N2/c1-2-10-26(11-3-1)36-33-17-15-25(20-29(33)30-19-22-8-4-5-9-23(22)21-34(30)36)24-14-16-32-28(18-24)27-12-6-7-13-31(27)35-32/h1-21,35H. The van der Waals surface area contributed by atoms with E-state index >= 15 is 0 Å². The molecule has 2 nitrogen and oxygen atoms in total. The highest BCUT2D eigenvalue weighted by atomic mass is 15.0. The Morgan fingerprint density at radius 3 is 1.92 bits per heavy atom. The minimum absolute atomic E-state index is 1.17. The number of aromatic amines is 1. The molecule has 168 valence electrons. The van der Waals surface area contributed by atoms with E-state index < -0.39 is 0 Å². The number of fused-ring (bicyclic) bond motifs is 7. The third-order valence-corrected chi connectivity index (χ3v) is 7.49. The Hall–Kier alpha value is -4.82. The first kappa shape index (κ1) is 19.5. The maximum atomic E-state index is 3.55. The summed E-state index contributed by atoms with van der Waals surface area (Å²) in [6, 6.07) is 46.2. The summed E-state index contributed by atoms with van der Waals surface area (Å²) >= 11 is 0. The first-order valence-electron chi connectivity index (χ1n) is 12.4. The van der Waals surface area contributed by atoms with E-state index in [0.29, 0.717) is 0 Å². The Morgan fingerprint density at radius 1 is 0.417 bits per heavy atom. The van der Waals surface area contributed by atoms with Gasteiger partial charge in [0.2, 0.25) is 0 Å². The van der Waals surface area contributed by atoms with Crippen LogP contribution in [0.15, 0.2) is 127 Å². The summed E-state index contributed by atoms with van der Waals surface area (Å²) in [6.45, 7) is 0. The molecule has 8 rings (SSSR count). The zero-order valence-electron chi connectivity index (χ0n) is 19.6. The lowest BCUT2D eigenvalue weighted by molar-refractivity contribution is 1.18. The van der Waals surface area contributed by atoms with Gasteiger partial charge < -0.3 is 9.55 Å². The zero-order valence-corrected chi connectivity index (χ0v) is 19.6. The van der Waals surface area contributed by atoms with E-state index in [1.54, 1.807) is 0 Å². The third kappa shape index (κ3) is 2.79. The summed E-state index contributed by atoms with van der Waals surface area (Å²) in [5, 5.41) is 7.61. The maximum Gasteiger partial charge on any atom is 0.0547 e. The monoisotopic (exact) mass is 458 g/mol. The highest BCUT2D eigenvalue weighted by Crippen LogP contribution is 2.38. The van der Waals surface area contributed by atoms with Gasteiger partial charge in [0.1, 0.15) is 0 Å². The van der Waals surface area contributed by atoms with Crippen LogP contribution in [0.5, 0.6) is 0 Å². The van der Waals surface area contributed by atoms with E-state index in [1.165, 1.54) is 71.2 Å². The molecular weight excluding hydrogens is 436 g/mol. The van der Waals surface area contributed by atoms with Gasteiger partial charge in [0, 0.05) is 38.3 Å². The van der Waals surface area contributed by atoms with Crippen molar-refractivity contribution >= 4 is 54.4 Å². The van der Waals surface area contributed by atoms with Gasteiger partial charge in [-0.05, 0) is 76.5 Å². The quantitative estimate of drug-likeness (QED) is 0.266. The lowest BCUT2D eigenvalue weighted by Gasteiger charge is -2.08. The van der Waals surface area contributed by atoms with Crippen LogP contribution in [-0.4, -0.2) is 9.55 Å². The van der Waals surface area contributed by atoms with Crippen molar-refractivity contribution in [1.29, 1.82) is 0 Å². The highest BCUT2D eigenvalue weighted by molar-refractivity contribution is 6.15. The number of para-hydroxylation sites is 2. The molecule has 0 fully saturated rings. The van der Waals surface area contributed by atoms with Crippen molar-refractivity contribution in [2.24, 2.45) is 0 Å². The summed E-state index contributed by atoms with van der Waals surface area (Å²) in [5.74, 6) is 0. The van der Waals surface area contributed by atoms with Crippen molar-refractivity contribution in [1.82, 2.24) is 9.55 Å². The molecule has 0 amide bonds. The third-order valence-electron chi connectivity index (χ3n) is 7.49. The van der Waals surface area contributed by atoms with E-state index in [1.807, 2.05) is 0 Å². The molecule has 0 spiro atoms. The highest BCUT2D eigenvalue weighted by Gasteiger charge is 2.15. The number of hydrogen-bond acceptors (Lipinski definition) is 0. The van der Waals surface area contributed by atoms with Gasteiger partial charge in [-0.3, -0.25) is 0 Å². The van der Waals surface area contributed by atoms with E-state index in [4.69, 9.17) is 0 Å². The van der Waals surface area contributed by atoms with Crippen LogP contribution in [-0.2, 0) is 0 Å². The number of nitrogens with zero attached hydrogens (tertiary/aromatic N) is 1. The van der Waals surface area contributed by atoms with Crippen molar-refractivity contribution in [3.8, 4) is 16.8 Å². The lowest BCUT2D eigenvalue weighted by Crippen LogP contribution is -1.93. The smallest absolute Gasteiger partial charge is 0.0547 e. The van der Waals surface area contributed by atoms with Gasteiger partial charge in [0.05, 0.1) is 11.0 Å². The molecule has 0 aliphatic carbocycles. The zero-order chi connectivity index (χ0) is 23.6. The predicted octanol–water partition coefficient (Wildman–Crippen LogP) is 9.24. The molecule has 36 heavy (non-hydrogen) atoms. The normalized spacial score (nSPS) is 11.9. The molecule has 0 saturated heterocycles. The fraction of sp³-hybridized carbons (Fsp3) is 0. The summed E-state index contributed by atoms with van der Waals surface area (Å²) in [6.07, 6.45) is 0. The Labute approximate surface area is 208 Å². The summed E-state index contributed by atoms with van der Waals surface area (Å²) in [5.41, 5.74) is 8.46. The van der Waals surface area contributed by atoms with Crippen molar-refractivity contribution < 1.29 is 0 Å². The Balaban J connectivity index is 1.42. The fourth-order valence-corrected chi connectivity index (χ4v) is 5.77. The molecule has 2 heteroatoms. The van der Waals surface area contributed by atoms with E-state index in [-0.39, 0.29) is 0 Å². The van der Waals surface area contributed by atoms with Crippen LogP contribution in [0.4, 0.5) is 0 Å². The number of nitrogens with one attached hydrogen (secondary N) is 1. The average molecular weight is 459 g/mol. The van der Waals surface area contributed by atoms with E-state index in [9.17, 15) is 0 Å². The molecule has 0 radical (unpaired) electrons. The molecule has 0 bridgehead atoms. The number of aromatic nitrogens is 2. The Morgan fingerprint density at radius 2 is 1.06 bits per heavy atom. The molecule has 8 aromatic rings. The van der Waals surface area contributed by atoms with Crippen LogP contribution in [0.3, 0.4) is 0 Å². The molecule has 0 unspecified atom stereocenters. The fourth-order valence-electron chi connectivity index (χ4n) is 5.77.